The summed E-state index contributed by atoms with van der Waals surface area (Å²) in [7, 11) is 0. The molecule has 1 amide bonds. The molecule has 1 unspecified atom stereocenters. The van der Waals surface area contributed by atoms with Crippen molar-refractivity contribution in [2.45, 2.75) is 59.4 Å². The highest BCUT2D eigenvalue weighted by Gasteiger charge is 2.18. The normalized spacial score (nSPS) is 12.1. The zero-order valence-electron chi connectivity index (χ0n) is 18.0. The Labute approximate surface area is 173 Å². The number of hydrogen-bond donors (Lipinski definition) is 2. The lowest BCUT2D eigenvalue weighted by Crippen LogP contribution is -2.22. The summed E-state index contributed by atoms with van der Waals surface area (Å²) in [5.41, 5.74) is 7.37. The van der Waals surface area contributed by atoms with Crippen LogP contribution in [0, 0.1) is 6.92 Å². The fraction of sp³-hybridized carbons (Fsp3) is 0.400. The first-order valence-corrected chi connectivity index (χ1v) is 10.7. The maximum Gasteiger partial charge on any atom is 0.207 e. The number of hydrogen-bond acceptors (Lipinski definition) is 2. The van der Waals surface area contributed by atoms with E-state index in [2.05, 4.69) is 67.6 Å². The van der Waals surface area contributed by atoms with Gasteiger partial charge in [0.1, 0.15) is 5.75 Å². The van der Waals surface area contributed by atoms with Crippen LogP contribution in [0.5, 0.6) is 5.75 Å². The monoisotopic (exact) mass is 392 g/mol. The van der Waals surface area contributed by atoms with Crippen molar-refractivity contribution in [1.82, 2.24) is 10.3 Å². The lowest BCUT2D eigenvalue weighted by molar-refractivity contribution is -0.110. The van der Waals surface area contributed by atoms with Gasteiger partial charge in [0.15, 0.2) is 0 Å². The minimum atomic E-state index is -0.0395. The topological polar surface area (TPSA) is 54.1 Å². The molecule has 0 bridgehead atoms. The van der Waals surface area contributed by atoms with Gasteiger partial charge in [0.2, 0.25) is 6.41 Å². The summed E-state index contributed by atoms with van der Waals surface area (Å²) in [4.78, 5) is 14.8. The van der Waals surface area contributed by atoms with Crippen LogP contribution in [0.15, 0.2) is 36.5 Å². The average molecular weight is 393 g/mol. The molecule has 4 heteroatoms. The predicted molar refractivity (Wildman–Crippen MR) is 120 cm³/mol. The number of rotatable bonds is 10. The molecule has 0 aliphatic heterocycles. The first-order valence-electron chi connectivity index (χ1n) is 10.7. The highest BCUT2D eigenvalue weighted by Crippen LogP contribution is 2.32. The van der Waals surface area contributed by atoms with Crippen molar-refractivity contribution in [2.75, 3.05) is 6.61 Å². The van der Waals surface area contributed by atoms with Crippen molar-refractivity contribution in [3.05, 3.63) is 64.3 Å². The Hall–Kier alpha value is -2.75. The molecule has 0 saturated carbocycles. The second kappa shape index (κ2) is 9.64. The Morgan fingerprint density at radius 3 is 2.55 bits per heavy atom. The summed E-state index contributed by atoms with van der Waals surface area (Å²) in [6.45, 7) is 9.08. The van der Waals surface area contributed by atoms with Gasteiger partial charge in [0.05, 0.1) is 12.6 Å². The minimum Gasteiger partial charge on any atom is -0.494 e. The summed E-state index contributed by atoms with van der Waals surface area (Å²) in [5.74, 6) is 0.933. The highest BCUT2D eigenvalue weighted by molar-refractivity contribution is 5.83. The van der Waals surface area contributed by atoms with Gasteiger partial charge < -0.3 is 15.0 Å². The number of aryl methyl sites for hydroxylation is 4. The second-order valence-electron chi connectivity index (χ2n) is 7.54. The van der Waals surface area contributed by atoms with E-state index in [1.165, 1.54) is 27.6 Å². The second-order valence-corrected chi connectivity index (χ2v) is 7.54. The molecule has 29 heavy (non-hydrogen) atoms. The van der Waals surface area contributed by atoms with Crippen molar-refractivity contribution in [3.8, 4) is 5.75 Å². The van der Waals surface area contributed by atoms with Gasteiger partial charge in [-0.05, 0) is 80.0 Å². The standard InChI is InChI=1S/C25H32N2O2/c1-5-18-13-19(6-2)25(29-7-3)14-22(18)24(27-16-28)11-9-20-15-26-23-10-8-17(4)12-21(20)23/h8,10,12-16,24,26H,5-7,9,11H2,1-4H3,(H,27,28). The van der Waals surface area contributed by atoms with E-state index >= 15 is 0 Å². The summed E-state index contributed by atoms with van der Waals surface area (Å²) >= 11 is 0. The number of amides is 1. The number of carbonyl (C=O) groups is 1. The van der Waals surface area contributed by atoms with E-state index in [1.807, 2.05) is 6.92 Å². The number of ether oxygens (including phenoxy) is 1. The lowest BCUT2D eigenvalue weighted by Gasteiger charge is -2.22. The van der Waals surface area contributed by atoms with Crippen LogP contribution < -0.4 is 10.1 Å². The molecule has 0 saturated heterocycles. The number of aromatic amines is 1. The van der Waals surface area contributed by atoms with Gasteiger partial charge in [-0.2, -0.15) is 0 Å². The maximum absolute atomic E-state index is 11.4. The van der Waals surface area contributed by atoms with Gasteiger partial charge in [0.25, 0.3) is 0 Å². The van der Waals surface area contributed by atoms with E-state index in [4.69, 9.17) is 4.74 Å². The van der Waals surface area contributed by atoms with Gasteiger partial charge in [-0.1, -0.05) is 31.5 Å². The molecule has 2 N–H and O–H groups in total. The molecule has 2 aromatic carbocycles. The largest absolute Gasteiger partial charge is 0.494 e. The number of H-pyrrole nitrogens is 1. The van der Waals surface area contributed by atoms with Crippen LogP contribution in [0.1, 0.15) is 61.1 Å². The Morgan fingerprint density at radius 1 is 1.07 bits per heavy atom. The van der Waals surface area contributed by atoms with E-state index in [-0.39, 0.29) is 6.04 Å². The fourth-order valence-electron chi connectivity index (χ4n) is 4.10. The van der Waals surface area contributed by atoms with Gasteiger partial charge >= 0.3 is 0 Å². The van der Waals surface area contributed by atoms with Gasteiger partial charge in [-0.3, -0.25) is 4.79 Å². The highest BCUT2D eigenvalue weighted by atomic mass is 16.5. The molecule has 3 rings (SSSR count). The van der Waals surface area contributed by atoms with E-state index in [1.54, 1.807) is 0 Å². The van der Waals surface area contributed by atoms with Crippen LogP contribution in [0.3, 0.4) is 0 Å². The summed E-state index contributed by atoms with van der Waals surface area (Å²) < 4.78 is 5.90. The molecule has 0 aliphatic carbocycles. The average Bonchev–Trinajstić information content (AvgIpc) is 3.13. The molecular weight excluding hydrogens is 360 g/mol. The van der Waals surface area contributed by atoms with Crippen molar-refractivity contribution in [3.63, 3.8) is 0 Å². The van der Waals surface area contributed by atoms with E-state index in [9.17, 15) is 4.79 Å². The molecule has 154 valence electrons. The van der Waals surface area contributed by atoms with Crippen molar-refractivity contribution >= 4 is 17.3 Å². The smallest absolute Gasteiger partial charge is 0.207 e. The molecule has 0 fully saturated rings. The first kappa shape index (κ1) is 21.0. The quantitative estimate of drug-likeness (QED) is 0.453. The molecule has 1 heterocycles. The Kier molecular flexibility index (Phi) is 6.97. The van der Waals surface area contributed by atoms with Gasteiger partial charge in [-0.25, -0.2) is 0 Å². The van der Waals surface area contributed by atoms with Crippen LogP contribution >= 0.6 is 0 Å². The van der Waals surface area contributed by atoms with Crippen LogP contribution in [0.4, 0.5) is 0 Å². The van der Waals surface area contributed by atoms with Gasteiger partial charge in [-0.15, -0.1) is 0 Å². The Balaban J connectivity index is 1.91. The molecule has 1 atom stereocenters. The number of nitrogens with one attached hydrogen (secondary N) is 2. The number of benzene rings is 2. The van der Waals surface area contributed by atoms with Crippen LogP contribution in [-0.2, 0) is 24.1 Å². The third-order valence-electron chi connectivity index (χ3n) is 5.65. The minimum absolute atomic E-state index is 0.0395. The Bertz CT molecular complexity index is 974. The summed E-state index contributed by atoms with van der Waals surface area (Å²) in [6, 6.07) is 10.8. The van der Waals surface area contributed by atoms with E-state index < -0.39 is 0 Å². The third kappa shape index (κ3) is 4.64. The van der Waals surface area contributed by atoms with Crippen molar-refractivity contribution in [2.24, 2.45) is 0 Å². The number of carbonyl (C=O) groups excluding carboxylic acids is 1. The van der Waals surface area contributed by atoms with Crippen molar-refractivity contribution < 1.29 is 9.53 Å². The molecule has 3 aromatic rings. The number of fused-ring (bicyclic) bond motifs is 1. The van der Waals surface area contributed by atoms with E-state index in [0.717, 1.165) is 48.9 Å². The molecule has 0 aliphatic rings. The molecule has 0 radical (unpaired) electrons. The zero-order chi connectivity index (χ0) is 20.8. The Morgan fingerprint density at radius 2 is 1.86 bits per heavy atom. The maximum atomic E-state index is 11.4. The molecular formula is C25H32N2O2. The van der Waals surface area contributed by atoms with Crippen LogP contribution in [0.25, 0.3) is 10.9 Å². The molecule has 0 spiro atoms. The first-order chi connectivity index (χ1) is 14.1. The molecule has 1 aromatic heterocycles. The zero-order valence-corrected chi connectivity index (χ0v) is 18.0. The van der Waals surface area contributed by atoms with Crippen molar-refractivity contribution in [1.29, 1.82) is 0 Å². The summed E-state index contributed by atoms with van der Waals surface area (Å²) in [6.07, 6.45) is 6.49. The van der Waals surface area contributed by atoms with Crippen LogP contribution in [0.2, 0.25) is 0 Å². The molecule has 4 nitrogen and oxygen atoms in total. The van der Waals surface area contributed by atoms with Crippen LogP contribution in [-0.4, -0.2) is 18.0 Å². The number of aromatic nitrogens is 1. The fourth-order valence-corrected chi connectivity index (χ4v) is 4.10. The van der Waals surface area contributed by atoms with Gasteiger partial charge in [0, 0.05) is 17.1 Å². The summed E-state index contributed by atoms with van der Waals surface area (Å²) in [5, 5.41) is 4.32. The lowest BCUT2D eigenvalue weighted by atomic mass is 9.91. The SMILES string of the molecule is CCOc1cc(C(CCc2c[nH]c3ccc(C)cc23)NC=O)c(CC)cc1CC. The van der Waals surface area contributed by atoms with E-state index in [0.29, 0.717) is 6.61 Å². The predicted octanol–water partition coefficient (Wildman–Crippen LogP) is 5.42. The third-order valence-corrected chi connectivity index (χ3v) is 5.65.